The lowest BCUT2D eigenvalue weighted by atomic mass is 10.0. The number of morpholine rings is 1. The Hall–Kier alpha value is -2.53. The van der Waals surface area contributed by atoms with Gasteiger partial charge in [0.05, 0.1) is 29.3 Å². The number of hydrogen-bond donors (Lipinski definition) is 3. The molecule has 2 aromatic heterocycles. The number of aryl methyl sites for hydroxylation is 2. The largest absolute Gasteiger partial charge is 0.379 e. The first-order valence-electron chi connectivity index (χ1n) is 12.4. The van der Waals surface area contributed by atoms with E-state index in [1.165, 1.54) is 0 Å². The maximum absolute atomic E-state index is 13.6. The lowest BCUT2D eigenvalue weighted by Crippen LogP contribution is -2.39. The number of fused-ring (bicyclic) bond motifs is 1. The van der Waals surface area contributed by atoms with Crippen LogP contribution in [0.5, 0.6) is 0 Å². The van der Waals surface area contributed by atoms with Gasteiger partial charge in [-0.3, -0.25) is 9.69 Å². The van der Waals surface area contributed by atoms with Crippen LogP contribution in [0.4, 0.5) is 5.69 Å². The van der Waals surface area contributed by atoms with Crippen LogP contribution in [-0.4, -0.2) is 64.7 Å². The molecule has 0 radical (unpaired) electrons. The van der Waals surface area contributed by atoms with Gasteiger partial charge in [0, 0.05) is 43.2 Å². The van der Waals surface area contributed by atoms with E-state index in [4.69, 9.17) is 9.26 Å². The molecule has 0 amide bonds. The van der Waals surface area contributed by atoms with E-state index in [2.05, 4.69) is 25.1 Å². The Balaban J connectivity index is 1.49. The average molecular weight is 500 g/mol. The van der Waals surface area contributed by atoms with Crippen molar-refractivity contribution in [1.29, 1.82) is 0 Å². The number of aromatic nitrogens is 2. The van der Waals surface area contributed by atoms with E-state index in [-0.39, 0.29) is 11.6 Å². The number of benzene rings is 1. The quantitative estimate of drug-likeness (QED) is 0.437. The van der Waals surface area contributed by atoms with Crippen molar-refractivity contribution >= 4 is 27.6 Å². The second-order valence-electron chi connectivity index (χ2n) is 9.40. The summed E-state index contributed by atoms with van der Waals surface area (Å²) in [6.07, 6.45) is 4.36. The predicted molar refractivity (Wildman–Crippen MR) is 137 cm³/mol. The Morgan fingerprint density at radius 1 is 1.17 bits per heavy atom. The summed E-state index contributed by atoms with van der Waals surface area (Å²) in [7, 11) is -1.43. The monoisotopic (exact) mass is 499 g/mol. The van der Waals surface area contributed by atoms with Gasteiger partial charge in [-0.2, -0.15) is 0 Å². The van der Waals surface area contributed by atoms with Crippen LogP contribution in [-0.2, 0) is 15.7 Å². The molecule has 1 saturated heterocycles. The zero-order valence-corrected chi connectivity index (χ0v) is 21.1. The summed E-state index contributed by atoms with van der Waals surface area (Å²) >= 11 is 0. The maximum atomic E-state index is 13.6. The molecule has 1 saturated carbocycles. The fourth-order valence-corrected chi connectivity index (χ4v) is 6.30. The second-order valence-corrected chi connectivity index (χ2v) is 10.6. The van der Waals surface area contributed by atoms with Gasteiger partial charge < -0.3 is 19.6 Å². The van der Waals surface area contributed by atoms with Gasteiger partial charge in [0.1, 0.15) is 22.4 Å². The van der Waals surface area contributed by atoms with E-state index in [0.717, 1.165) is 80.7 Å². The van der Waals surface area contributed by atoms with Gasteiger partial charge in [-0.25, -0.2) is 8.93 Å². The highest BCUT2D eigenvalue weighted by Crippen LogP contribution is 2.33. The number of nitrogens with one attached hydrogen (secondary N) is 3. The minimum absolute atomic E-state index is 0.198. The molecule has 1 aliphatic carbocycles. The van der Waals surface area contributed by atoms with Crippen LogP contribution in [0, 0.1) is 13.8 Å². The molecule has 0 spiro atoms. The summed E-state index contributed by atoms with van der Waals surface area (Å²) in [6.45, 7) is 8.50. The van der Waals surface area contributed by atoms with Crippen LogP contribution in [0.1, 0.15) is 37.1 Å². The first-order chi connectivity index (χ1) is 17.0. The van der Waals surface area contributed by atoms with Gasteiger partial charge in [-0.05, 0) is 50.5 Å². The molecule has 2 fully saturated rings. The third kappa shape index (κ3) is 5.35. The van der Waals surface area contributed by atoms with E-state index in [1.54, 1.807) is 0 Å². The Labute approximate surface area is 207 Å². The number of aromatic amines is 1. The average Bonchev–Trinajstić information content (AvgIpc) is 3.48. The zero-order chi connectivity index (χ0) is 24.4. The van der Waals surface area contributed by atoms with Crippen molar-refractivity contribution in [2.24, 2.45) is 0 Å². The SMILES string of the molecule is Cc1noc(C)c1-c1cc(S(=O)NC2CCCC2)c2cc(NCCN3CCOCC3)c(=O)[nH]c2c1. The Morgan fingerprint density at radius 3 is 2.66 bits per heavy atom. The van der Waals surface area contributed by atoms with Crippen molar-refractivity contribution in [1.82, 2.24) is 19.8 Å². The van der Waals surface area contributed by atoms with Gasteiger partial charge in [-0.15, -0.1) is 0 Å². The fraction of sp³-hybridized carbons (Fsp3) is 0.520. The van der Waals surface area contributed by atoms with Crippen molar-refractivity contribution in [3.8, 4) is 11.1 Å². The molecule has 3 aromatic rings. The minimum atomic E-state index is -1.43. The molecule has 5 rings (SSSR count). The highest BCUT2D eigenvalue weighted by molar-refractivity contribution is 7.83. The maximum Gasteiger partial charge on any atom is 0.271 e. The summed E-state index contributed by atoms with van der Waals surface area (Å²) in [6, 6.07) is 5.91. The van der Waals surface area contributed by atoms with Crippen molar-refractivity contribution in [3.05, 3.63) is 40.0 Å². The van der Waals surface area contributed by atoms with Gasteiger partial charge in [0.2, 0.25) is 0 Å². The van der Waals surface area contributed by atoms with Crippen LogP contribution in [0.2, 0.25) is 0 Å². The standard InChI is InChI=1S/C25H33N5O4S/c1-16-24(17(2)34-28-16)18-13-21-20(23(14-18)35(32)29-19-5-3-4-6-19)15-22(25(31)27-21)26-7-8-30-9-11-33-12-10-30/h13-15,19,26,29H,3-12H2,1-2H3,(H,27,31). The Bertz CT molecular complexity index is 1260. The van der Waals surface area contributed by atoms with E-state index in [0.29, 0.717) is 28.4 Å². The third-order valence-corrected chi connectivity index (χ3v) is 8.21. The highest BCUT2D eigenvalue weighted by atomic mass is 32.2. The van der Waals surface area contributed by atoms with Crippen molar-refractivity contribution in [2.45, 2.75) is 50.5 Å². The second kappa shape index (κ2) is 10.6. The van der Waals surface area contributed by atoms with Gasteiger partial charge in [0.25, 0.3) is 5.56 Å². The molecule has 1 atom stereocenters. The Morgan fingerprint density at radius 2 is 1.94 bits per heavy atom. The Kier molecular flexibility index (Phi) is 7.33. The molecule has 10 heteroatoms. The summed E-state index contributed by atoms with van der Waals surface area (Å²) < 4.78 is 27.6. The van der Waals surface area contributed by atoms with Gasteiger partial charge in [0.15, 0.2) is 0 Å². The van der Waals surface area contributed by atoms with E-state index < -0.39 is 11.0 Å². The summed E-state index contributed by atoms with van der Waals surface area (Å²) in [5.74, 6) is 0.686. The number of nitrogens with zero attached hydrogens (tertiary/aromatic N) is 2. The van der Waals surface area contributed by atoms with Crippen LogP contribution < -0.4 is 15.6 Å². The first-order valence-corrected chi connectivity index (χ1v) is 13.5. The molecule has 0 bridgehead atoms. The molecule has 3 N–H and O–H groups in total. The van der Waals surface area contributed by atoms with Gasteiger partial charge in [-0.1, -0.05) is 18.0 Å². The van der Waals surface area contributed by atoms with Crippen molar-refractivity contribution in [2.75, 3.05) is 44.7 Å². The number of anilines is 1. The lowest BCUT2D eigenvalue weighted by molar-refractivity contribution is 0.0398. The summed E-state index contributed by atoms with van der Waals surface area (Å²) in [5, 5.41) is 8.12. The van der Waals surface area contributed by atoms with Crippen molar-refractivity contribution in [3.63, 3.8) is 0 Å². The predicted octanol–water partition coefficient (Wildman–Crippen LogP) is 3.10. The van der Waals surface area contributed by atoms with E-state index >= 15 is 0 Å². The van der Waals surface area contributed by atoms with E-state index in [1.807, 2.05) is 32.0 Å². The molecular weight excluding hydrogens is 466 g/mol. The van der Waals surface area contributed by atoms with Crippen LogP contribution in [0.15, 0.2) is 32.4 Å². The minimum Gasteiger partial charge on any atom is -0.379 e. The number of rotatable bonds is 8. The van der Waals surface area contributed by atoms with Crippen LogP contribution in [0.3, 0.4) is 0 Å². The zero-order valence-electron chi connectivity index (χ0n) is 20.3. The van der Waals surface area contributed by atoms with Gasteiger partial charge >= 0.3 is 0 Å². The first kappa shape index (κ1) is 24.2. The molecule has 35 heavy (non-hydrogen) atoms. The fourth-order valence-electron chi connectivity index (χ4n) is 5.03. The van der Waals surface area contributed by atoms with Crippen LogP contribution >= 0.6 is 0 Å². The molecule has 1 aromatic carbocycles. The highest BCUT2D eigenvalue weighted by Gasteiger charge is 2.22. The molecular formula is C25H33N5O4S. The summed E-state index contributed by atoms with van der Waals surface area (Å²) in [5.41, 5.74) is 3.37. The lowest BCUT2D eigenvalue weighted by Gasteiger charge is -2.26. The number of H-pyrrole nitrogens is 1. The number of hydrogen-bond acceptors (Lipinski definition) is 7. The third-order valence-electron chi connectivity index (χ3n) is 6.92. The molecule has 2 aliphatic rings. The smallest absolute Gasteiger partial charge is 0.271 e. The van der Waals surface area contributed by atoms with Crippen molar-refractivity contribution < 1.29 is 13.5 Å². The normalized spacial score (nSPS) is 18.3. The molecule has 9 nitrogen and oxygen atoms in total. The molecule has 188 valence electrons. The number of ether oxygens (including phenoxy) is 1. The number of pyridine rings is 1. The van der Waals surface area contributed by atoms with Crippen LogP contribution in [0.25, 0.3) is 22.0 Å². The molecule has 3 heterocycles. The van der Waals surface area contributed by atoms with E-state index in [9.17, 15) is 9.00 Å². The molecule has 1 unspecified atom stereocenters. The molecule has 1 aliphatic heterocycles. The summed E-state index contributed by atoms with van der Waals surface area (Å²) in [4.78, 5) is 18.9. The topological polar surface area (TPSA) is 112 Å².